The van der Waals surface area contributed by atoms with Crippen molar-refractivity contribution in [2.45, 2.75) is 12.4 Å². The average molecular weight is 125 g/mol. The minimum Gasteiger partial charge on any atom is -0.596 e. The van der Waals surface area contributed by atoms with Crippen molar-refractivity contribution in [3.8, 4) is 0 Å². The molecule has 5 heteroatoms. The summed E-state index contributed by atoms with van der Waals surface area (Å²) in [5, 5.41) is 19.8. The number of hydrogen-bond acceptors (Lipinski definition) is 2. The van der Waals surface area contributed by atoms with E-state index in [0.717, 1.165) is 0 Å². The first-order valence-electron chi connectivity index (χ1n) is 1.64. The van der Waals surface area contributed by atoms with Crippen LogP contribution in [0.5, 0.6) is 0 Å². The van der Waals surface area contributed by atoms with Gasteiger partial charge in [-0.15, -0.1) is 0 Å². The minimum atomic E-state index is -0.801. The van der Waals surface area contributed by atoms with Crippen LogP contribution in [0.1, 0.15) is 6.92 Å². The molecule has 4 nitrogen and oxygen atoms in total. The molecular weight excluding hydrogens is 119 g/mol. The Balaban J connectivity index is 3.56. The molecule has 0 aromatic heterocycles. The lowest BCUT2D eigenvalue weighted by Gasteiger charge is -1.95. The van der Waals surface area contributed by atoms with E-state index < -0.39 is 5.50 Å². The summed E-state index contributed by atoms with van der Waals surface area (Å²) in [6.07, 6.45) is 0. The van der Waals surface area contributed by atoms with Crippen LogP contribution in [0.4, 0.5) is 0 Å². The SMILES string of the molecule is CC(Cl)[N+]([O-])=NO. The zero-order chi connectivity index (χ0) is 5.86. The summed E-state index contributed by atoms with van der Waals surface area (Å²) in [6.45, 7) is 1.40. The predicted molar refractivity (Wildman–Crippen MR) is 23.2 cm³/mol. The summed E-state index contributed by atoms with van der Waals surface area (Å²) >= 11 is 5.09. The molecule has 7 heavy (non-hydrogen) atoms. The predicted octanol–water partition coefficient (Wildman–Crippen LogP) is 0.923. The second kappa shape index (κ2) is 2.63. The lowest BCUT2D eigenvalue weighted by Crippen LogP contribution is -2.07. The fourth-order valence-corrected chi connectivity index (χ4v) is 0.110. The normalized spacial score (nSPS) is 16.6. The quantitative estimate of drug-likeness (QED) is 0.186. The smallest absolute Gasteiger partial charge is 0.264 e. The van der Waals surface area contributed by atoms with Gasteiger partial charge in [0, 0.05) is 6.92 Å². The topological polar surface area (TPSA) is 58.7 Å². The summed E-state index contributed by atoms with van der Waals surface area (Å²) < 4.78 is 0. The van der Waals surface area contributed by atoms with Crippen molar-refractivity contribution < 1.29 is 10.1 Å². The van der Waals surface area contributed by atoms with Gasteiger partial charge in [0.05, 0.1) is 0 Å². The Labute approximate surface area is 45.6 Å². The summed E-state index contributed by atoms with van der Waals surface area (Å²) in [6, 6.07) is 0. The van der Waals surface area contributed by atoms with Crippen LogP contribution < -0.4 is 0 Å². The van der Waals surface area contributed by atoms with Crippen molar-refractivity contribution >= 4 is 11.6 Å². The van der Waals surface area contributed by atoms with Gasteiger partial charge in [-0.2, -0.15) is 0 Å². The zero-order valence-corrected chi connectivity index (χ0v) is 4.46. The average Bonchev–Trinajstić information content (AvgIpc) is 1.65. The largest absolute Gasteiger partial charge is 0.596 e. The molecule has 0 fully saturated rings. The molecule has 0 aliphatic rings. The number of nitrogens with zero attached hydrogens (tertiary/aromatic N) is 2. The van der Waals surface area contributed by atoms with Crippen molar-refractivity contribution in [1.29, 1.82) is 0 Å². The lowest BCUT2D eigenvalue weighted by atomic mass is 10.8. The molecule has 0 saturated carbocycles. The molecule has 1 unspecified atom stereocenters. The lowest BCUT2D eigenvalue weighted by molar-refractivity contribution is -0.567. The van der Waals surface area contributed by atoms with E-state index in [4.69, 9.17) is 16.8 Å². The van der Waals surface area contributed by atoms with Crippen LogP contribution in [-0.4, -0.2) is 15.6 Å². The second-order valence-corrected chi connectivity index (χ2v) is 1.60. The highest BCUT2D eigenvalue weighted by Crippen LogP contribution is 1.92. The van der Waals surface area contributed by atoms with E-state index in [1.807, 2.05) is 0 Å². The van der Waals surface area contributed by atoms with Gasteiger partial charge in [0.25, 0.3) is 5.50 Å². The molecule has 0 aromatic rings. The maximum absolute atomic E-state index is 9.88. The first-order valence-corrected chi connectivity index (χ1v) is 2.07. The van der Waals surface area contributed by atoms with E-state index in [1.165, 1.54) is 6.92 Å². The highest BCUT2D eigenvalue weighted by Gasteiger charge is 2.02. The molecule has 1 N–H and O–H groups in total. The van der Waals surface area contributed by atoms with E-state index in [2.05, 4.69) is 5.28 Å². The highest BCUT2D eigenvalue weighted by atomic mass is 35.5. The molecule has 0 amide bonds. The molecule has 0 spiro atoms. The maximum Gasteiger partial charge on any atom is 0.264 e. The van der Waals surface area contributed by atoms with E-state index in [9.17, 15) is 5.21 Å². The third kappa shape index (κ3) is 2.22. The second-order valence-electron chi connectivity index (χ2n) is 0.966. The van der Waals surface area contributed by atoms with Crippen LogP contribution in [0.3, 0.4) is 0 Å². The van der Waals surface area contributed by atoms with Gasteiger partial charge in [-0.05, 0) is 16.5 Å². The van der Waals surface area contributed by atoms with Crippen LogP contribution in [0, 0.1) is 5.21 Å². The van der Waals surface area contributed by atoms with Gasteiger partial charge in [0.2, 0.25) is 0 Å². The molecular formula is C2H5ClN2O2. The molecule has 0 rings (SSSR count). The summed E-state index contributed by atoms with van der Waals surface area (Å²) in [5.41, 5.74) is -0.801. The molecule has 0 radical (unpaired) electrons. The summed E-state index contributed by atoms with van der Waals surface area (Å²) in [7, 11) is 0. The van der Waals surface area contributed by atoms with E-state index >= 15 is 0 Å². The van der Waals surface area contributed by atoms with Crippen molar-refractivity contribution in [3.63, 3.8) is 0 Å². The Kier molecular flexibility index (Phi) is 2.44. The van der Waals surface area contributed by atoms with Gasteiger partial charge in [0.1, 0.15) is 0 Å². The number of halogens is 1. The van der Waals surface area contributed by atoms with Crippen LogP contribution >= 0.6 is 11.6 Å². The first-order chi connectivity index (χ1) is 3.18. The molecule has 0 heterocycles. The van der Waals surface area contributed by atoms with E-state index in [1.54, 1.807) is 0 Å². The molecule has 0 aromatic carbocycles. The Bertz CT molecular complexity index is 81.8. The van der Waals surface area contributed by atoms with Gasteiger partial charge < -0.3 is 10.4 Å². The van der Waals surface area contributed by atoms with E-state index in [0.29, 0.717) is 0 Å². The molecule has 0 aliphatic heterocycles. The maximum atomic E-state index is 9.88. The number of alkyl halides is 1. The zero-order valence-electron chi connectivity index (χ0n) is 3.71. The third-order valence-electron chi connectivity index (χ3n) is 0.393. The van der Waals surface area contributed by atoms with Gasteiger partial charge in [0.15, 0.2) is 5.28 Å². The standard InChI is InChI=1S/C2H5ClN2O2/c1-2(3)5(7)4-6/h2,6H,1H3. The Morgan fingerprint density at radius 3 is 2.43 bits per heavy atom. The monoisotopic (exact) mass is 124 g/mol. The number of hydrogen-bond donors (Lipinski definition) is 1. The van der Waals surface area contributed by atoms with Crippen molar-refractivity contribution in [2.75, 3.05) is 0 Å². The van der Waals surface area contributed by atoms with Gasteiger partial charge >= 0.3 is 0 Å². The van der Waals surface area contributed by atoms with Crippen LogP contribution in [0.15, 0.2) is 5.28 Å². The fourth-order valence-electron chi connectivity index (χ4n) is 0.0712. The Hall–Kier alpha value is -0.510. The number of rotatable bonds is 1. The third-order valence-corrected chi connectivity index (χ3v) is 0.559. The molecule has 0 saturated heterocycles. The Morgan fingerprint density at radius 2 is 2.43 bits per heavy atom. The first kappa shape index (κ1) is 6.49. The van der Waals surface area contributed by atoms with Crippen LogP contribution in [0.25, 0.3) is 0 Å². The van der Waals surface area contributed by atoms with Crippen LogP contribution in [-0.2, 0) is 0 Å². The molecule has 0 aliphatic carbocycles. The van der Waals surface area contributed by atoms with Crippen molar-refractivity contribution in [3.05, 3.63) is 5.21 Å². The fraction of sp³-hybridized carbons (Fsp3) is 1.00. The van der Waals surface area contributed by atoms with Crippen molar-refractivity contribution in [2.24, 2.45) is 5.28 Å². The minimum absolute atomic E-state index is 0.0123. The van der Waals surface area contributed by atoms with Crippen LogP contribution in [0.2, 0.25) is 0 Å². The number of hydroxylamine groups is 1. The highest BCUT2D eigenvalue weighted by molar-refractivity contribution is 6.19. The Morgan fingerprint density at radius 1 is 2.00 bits per heavy atom. The van der Waals surface area contributed by atoms with Crippen molar-refractivity contribution in [1.82, 2.24) is 0 Å². The summed E-state index contributed by atoms with van der Waals surface area (Å²) in [4.78, 5) is -0.0123. The summed E-state index contributed by atoms with van der Waals surface area (Å²) in [5.74, 6) is 0. The van der Waals surface area contributed by atoms with E-state index in [-0.39, 0.29) is 4.86 Å². The molecule has 42 valence electrons. The molecule has 1 atom stereocenters. The van der Waals surface area contributed by atoms with Gasteiger partial charge in [-0.1, -0.05) is 0 Å². The van der Waals surface area contributed by atoms with Gasteiger partial charge in [-0.25, -0.2) is 0 Å². The molecule has 0 bridgehead atoms. The van der Waals surface area contributed by atoms with Gasteiger partial charge in [-0.3, -0.25) is 0 Å².